The second-order valence-corrected chi connectivity index (χ2v) is 14.8. The topological polar surface area (TPSA) is 119 Å². The summed E-state index contributed by atoms with van der Waals surface area (Å²) < 4.78 is 26.3. The van der Waals surface area contributed by atoms with E-state index in [0.29, 0.717) is 12.8 Å². The van der Waals surface area contributed by atoms with Gasteiger partial charge in [-0.05, 0) is 51.4 Å². The molecule has 53 heavy (non-hydrogen) atoms. The quantitative estimate of drug-likeness (QED) is 0.0278. The first-order chi connectivity index (χ1) is 25.8. The Hall–Kier alpha value is -2.51. The molecule has 0 fully saturated rings. The number of unbranched alkanes of at least 4 members (excludes halogenated alkanes) is 15. The minimum Gasteiger partial charge on any atom is -0.462 e. The largest absolute Gasteiger partial charge is 0.469 e. The second kappa shape index (κ2) is 39.2. The van der Waals surface area contributed by atoms with E-state index in [-0.39, 0.29) is 19.4 Å². The molecule has 1 unspecified atom stereocenters. The van der Waals surface area contributed by atoms with Gasteiger partial charge in [0.15, 0.2) is 6.10 Å². The zero-order valence-electron chi connectivity index (χ0n) is 33.4. The van der Waals surface area contributed by atoms with Crippen molar-refractivity contribution in [3.63, 3.8) is 0 Å². The molecule has 0 heterocycles. The van der Waals surface area contributed by atoms with Gasteiger partial charge in [-0.2, -0.15) is 0 Å². The van der Waals surface area contributed by atoms with Gasteiger partial charge in [0.25, 0.3) is 0 Å². The Kier molecular flexibility index (Phi) is 37.3. The Labute approximate surface area is 323 Å². The summed E-state index contributed by atoms with van der Waals surface area (Å²) in [5.74, 6) is -0.983. The SMILES string of the molecule is CC/C=C\C/C=C\C/C=C\C/C=C\C/C=C\C/C=C\CCC(=O)OC(COC(=O)CCCCCCCCCCCCCCCCCC)COP(=O)(O)O. The maximum atomic E-state index is 12.4. The molecule has 0 aromatic heterocycles. The first-order valence-corrected chi connectivity index (χ1v) is 22.3. The highest BCUT2D eigenvalue weighted by Gasteiger charge is 2.22. The van der Waals surface area contributed by atoms with E-state index in [1.165, 1.54) is 83.5 Å². The fourth-order valence-electron chi connectivity index (χ4n) is 5.46. The third-order valence-corrected chi connectivity index (χ3v) is 8.99. The fourth-order valence-corrected chi connectivity index (χ4v) is 5.82. The third-order valence-electron chi connectivity index (χ3n) is 8.50. The Morgan fingerprint density at radius 2 is 0.906 bits per heavy atom. The van der Waals surface area contributed by atoms with Crippen LogP contribution in [-0.4, -0.2) is 41.0 Å². The van der Waals surface area contributed by atoms with Crippen molar-refractivity contribution in [2.75, 3.05) is 13.2 Å². The van der Waals surface area contributed by atoms with Gasteiger partial charge in [0, 0.05) is 12.8 Å². The number of phosphoric ester groups is 1. The minimum absolute atomic E-state index is 0.0850. The Bertz CT molecular complexity index is 1080. The van der Waals surface area contributed by atoms with Gasteiger partial charge in [0.05, 0.1) is 6.61 Å². The van der Waals surface area contributed by atoms with Crippen molar-refractivity contribution in [2.24, 2.45) is 0 Å². The lowest BCUT2D eigenvalue weighted by molar-refractivity contribution is -0.161. The average molecular weight is 763 g/mol. The lowest BCUT2D eigenvalue weighted by atomic mass is 10.0. The van der Waals surface area contributed by atoms with E-state index in [1.54, 1.807) is 0 Å². The molecule has 9 heteroatoms. The number of rotatable bonds is 37. The van der Waals surface area contributed by atoms with Crippen LogP contribution in [0.15, 0.2) is 72.9 Å². The van der Waals surface area contributed by atoms with E-state index in [9.17, 15) is 14.2 Å². The fraction of sp³-hybridized carbons (Fsp3) is 0.682. The molecule has 0 aliphatic carbocycles. The standard InChI is InChI=1S/C44H75O8P/c1-3-5-7-9-11-13-15-17-19-21-22-23-25-27-29-31-33-35-37-39-44(46)52-42(41-51-53(47,48)49)40-50-43(45)38-36-34-32-30-28-26-24-20-18-16-14-12-10-8-6-4-2/h5,7,11,13,17,19,22-23,27,29,33,35,42H,3-4,6,8-10,12,14-16,18,20-21,24-26,28,30-32,34,36-41H2,1-2H3,(H2,47,48,49)/b7-5-,13-11-,19-17-,23-22-,29-27-,35-33-. The number of carbonyl (C=O) groups is 2. The van der Waals surface area contributed by atoms with Crippen LogP contribution in [0.25, 0.3) is 0 Å². The van der Waals surface area contributed by atoms with Crippen LogP contribution in [0.3, 0.4) is 0 Å². The first-order valence-electron chi connectivity index (χ1n) is 20.7. The van der Waals surface area contributed by atoms with Gasteiger partial charge < -0.3 is 19.3 Å². The lowest BCUT2D eigenvalue weighted by Gasteiger charge is -2.18. The lowest BCUT2D eigenvalue weighted by Crippen LogP contribution is -2.29. The van der Waals surface area contributed by atoms with E-state index in [1.807, 2.05) is 12.2 Å². The van der Waals surface area contributed by atoms with Crippen LogP contribution in [0.2, 0.25) is 0 Å². The van der Waals surface area contributed by atoms with Crippen molar-refractivity contribution in [3.05, 3.63) is 72.9 Å². The number of carbonyl (C=O) groups excluding carboxylic acids is 2. The molecule has 0 saturated heterocycles. The summed E-state index contributed by atoms with van der Waals surface area (Å²) in [4.78, 5) is 42.8. The highest BCUT2D eigenvalue weighted by Crippen LogP contribution is 2.36. The van der Waals surface area contributed by atoms with Crippen molar-refractivity contribution in [3.8, 4) is 0 Å². The minimum atomic E-state index is -4.78. The van der Waals surface area contributed by atoms with Crippen molar-refractivity contribution in [1.82, 2.24) is 0 Å². The van der Waals surface area contributed by atoms with Gasteiger partial charge in [-0.15, -0.1) is 0 Å². The molecule has 0 spiro atoms. The maximum absolute atomic E-state index is 12.4. The normalized spacial score (nSPS) is 13.2. The van der Waals surface area contributed by atoms with Gasteiger partial charge in [-0.3, -0.25) is 14.1 Å². The summed E-state index contributed by atoms with van der Waals surface area (Å²) in [5, 5.41) is 0. The predicted molar refractivity (Wildman–Crippen MR) is 220 cm³/mol. The zero-order valence-corrected chi connectivity index (χ0v) is 34.3. The summed E-state index contributed by atoms with van der Waals surface area (Å²) in [7, 11) is -4.78. The van der Waals surface area contributed by atoms with E-state index in [4.69, 9.17) is 19.3 Å². The highest BCUT2D eigenvalue weighted by molar-refractivity contribution is 7.46. The molecular weight excluding hydrogens is 687 g/mol. The van der Waals surface area contributed by atoms with Gasteiger partial charge in [-0.1, -0.05) is 183 Å². The van der Waals surface area contributed by atoms with E-state index >= 15 is 0 Å². The average Bonchev–Trinajstić information content (AvgIpc) is 3.13. The molecule has 0 bridgehead atoms. The maximum Gasteiger partial charge on any atom is 0.469 e. The number of allylic oxidation sites excluding steroid dienone is 12. The monoisotopic (exact) mass is 763 g/mol. The number of ether oxygens (including phenoxy) is 2. The molecule has 0 aliphatic rings. The molecule has 1 atom stereocenters. The molecular formula is C44H75O8P. The van der Waals surface area contributed by atoms with Crippen molar-refractivity contribution in [2.45, 2.75) is 180 Å². The second-order valence-electron chi connectivity index (χ2n) is 13.6. The Morgan fingerprint density at radius 1 is 0.509 bits per heavy atom. The van der Waals surface area contributed by atoms with Gasteiger partial charge in [0.2, 0.25) is 0 Å². The number of phosphoric acid groups is 1. The molecule has 0 radical (unpaired) electrons. The molecule has 0 saturated carbocycles. The highest BCUT2D eigenvalue weighted by atomic mass is 31.2. The summed E-state index contributed by atoms with van der Waals surface area (Å²) in [6.07, 6.45) is 50.6. The Balaban J connectivity index is 4.06. The smallest absolute Gasteiger partial charge is 0.462 e. The van der Waals surface area contributed by atoms with Crippen molar-refractivity contribution < 1.29 is 37.9 Å². The summed E-state index contributed by atoms with van der Waals surface area (Å²) >= 11 is 0. The van der Waals surface area contributed by atoms with E-state index in [0.717, 1.165) is 51.4 Å². The van der Waals surface area contributed by atoms with Gasteiger partial charge >= 0.3 is 19.8 Å². The van der Waals surface area contributed by atoms with Gasteiger partial charge in [-0.25, -0.2) is 4.57 Å². The molecule has 2 N–H and O–H groups in total. The molecule has 0 amide bonds. The molecule has 304 valence electrons. The van der Waals surface area contributed by atoms with Gasteiger partial charge in [0.1, 0.15) is 6.61 Å². The van der Waals surface area contributed by atoms with Crippen molar-refractivity contribution in [1.29, 1.82) is 0 Å². The molecule has 8 nitrogen and oxygen atoms in total. The van der Waals surface area contributed by atoms with Crippen LogP contribution in [0, 0.1) is 0 Å². The molecule has 0 aromatic carbocycles. The van der Waals surface area contributed by atoms with E-state index < -0.39 is 32.5 Å². The molecule has 0 aliphatic heterocycles. The zero-order chi connectivity index (χ0) is 38.9. The third kappa shape index (κ3) is 42.1. The summed E-state index contributed by atoms with van der Waals surface area (Å²) in [6, 6.07) is 0. The molecule has 0 aromatic rings. The Morgan fingerprint density at radius 3 is 1.32 bits per heavy atom. The van der Waals surface area contributed by atoms with Crippen LogP contribution >= 0.6 is 7.82 Å². The van der Waals surface area contributed by atoms with E-state index in [2.05, 4.69) is 79.1 Å². The van der Waals surface area contributed by atoms with Crippen LogP contribution in [0.1, 0.15) is 174 Å². The summed E-state index contributed by atoms with van der Waals surface area (Å²) in [6.45, 7) is 3.51. The predicted octanol–water partition coefficient (Wildman–Crippen LogP) is 12.7. The number of esters is 2. The van der Waals surface area contributed by atoms with Crippen molar-refractivity contribution >= 4 is 19.8 Å². The summed E-state index contributed by atoms with van der Waals surface area (Å²) in [5.41, 5.74) is 0. The van der Waals surface area contributed by atoms with Crippen LogP contribution < -0.4 is 0 Å². The van der Waals surface area contributed by atoms with Crippen LogP contribution in [0.4, 0.5) is 0 Å². The first kappa shape index (κ1) is 50.5. The van der Waals surface area contributed by atoms with Crippen LogP contribution in [0.5, 0.6) is 0 Å². The number of hydrogen-bond acceptors (Lipinski definition) is 6. The molecule has 0 rings (SSSR count). The number of hydrogen-bond donors (Lipinski definition) is 2. The van der Waals surface area contributed by atoms with Crippen LogP contribution in [-0.2, 0) is 28.2 Å².